The quantitative estimate of drug-likeness (QED) is 0.913. The second-order valence-corrected chi connectivity index (χ2v) is 5.68. The van der Waals surface area contributed by atoms with Gasteiger partial charge in [0.25, 0.3) is 5.91 Å². The first-order chi connectivity index (χ1) is 11.7. The molecule has 3 rings (SSSR count). The fourth-order valence-electron chi connectivity index (χ4n) is 2.89. The second-order valence-electron chi connectivity index (χ2n) is 5.68. The van der Waals surface area contributed by atoms with E-state index in [1.807, 2.05) is 0 Å². The summed E-state index contributed by atoms with van der Waals surface area (Å²) >= 11 is 0. The first-order valence-corrected chi connectivity index (χ1v) is 7.94. The van der Waals surface area contributed by atoms with E-state index < -0.39 is 6.04 Å². The molecular weight excluding hydrogens is 308 g/mol. The van der Waals surface area contributed by atoms with E-state index in [4.69, 9.17) is 9.15 Å². The first kappa shape index (κ1) is 16.1. The Bertz CT molecular complexity index is 694. The first-order valence-electron chi connectivity index (χ1n) is 7.94. The number of methoxy groups -OCH3 is 1. The van der Waals surface area contributed by atoms with Crippen molar-refractivity contribution in [3.05, 3.63) is 54.0 Å². The number of hydrogen-bond donors (Lipinski definition) is 1. The Hall–Kier alpha value is -2.76. The highest BCUT2D eigenvalue weighted by Crippen LogP contribution is 2.21. The number of nitrogens with zero attached hydrogens (tertiary/aromatic N) is 1. The van der Waals surface area contributed by atoms with E-state index in [-0.39, 0.29) is 11.8 Å². The van der Waals surface area contributed by atoms with Crippen molar-refractivity contribution in [2.45, 2.75) is 25.4 Å². The van der Waals surface area contributed by atoms with Crippen LogP contribution in [0.25, 0.3) is 0 Å². The van der Waals surface area contributed by atoms with Gasteiger partial charge >= 0.3 is 0 Å². The van der Waals surface area contributed by atoms with E-state index in [1.165, 1.54) is 0 Å². The highest BCUT2D eigenvalue weighted by atomic mass is 16.5. The van der Waals surface area contributed by atoms with Crippen molar-refractivity contribution in [2.24, 2.45) is 0 Å². The molecule has 0 unspecified atom stereocenters. The van der Waals surface area contributed by atoms with Gasteiger partial charge in [0.2, 0.25) is 5.91 Å². The van der Waals surface area contributed by atoms with Crippen molar-refractivity contribution in [3.8, 4) is 5.75 Å². The Balaban J connectivity index is 1.65. The van der Waals surface area contributed by atoms with Gasteiger partial charge in [-0.15, -0.1) is 0 Å². The number of carbonyl (C=O) groups excluding carboxylic acids is 2. The summed E-state index contributed by atoms with van der Waals surface area (Å²) in [5.74, 6) is 1.11. The molecule has 6 nitrogen and oxygen atoms in total. The van der Waals surface area contributed by atoms with Crippen LogP contribution in [0.3, 0.4) is 0 Å². The van der Waals surface area contributed by atoms with Crippen molar-refractivity contribution < 1.29 is 18.7 Å². The molecule has 1 N–H and O–H groups in total. The Morgan fingerprint density at radius 1 is 1.29 bits per heavy atom. The fraction of sp³-hybridized carbons (Fsp3) is 0.333. The minimum atomic E-state index is -0.436. The summed E-state index contributed by atoms with van der Waals surface area (Å²) in [6.45, 7) is 0.913. The van der Waals surface area contributed by atoms with E-state index in [0.717, 1.165) is 6.42 Å². The van der Waals surface area contributed by atoms with Crippen LogP contribution >= 0.6 is 0 Å². The number of ether oxygens (including phenoxy) is 1. The molecule has 1 saturated heterocycles. The zero-order valence-electron chi connectivity index (χ0n) is 13.5. The lowest BCUT2D eigenvalue weighted by Gasteiger charge is -2.24. The molecular formula is C18H20N2O4. The van der Waals surface area contributed by atoms with Gasteiger partial charge in [0, 0.05) is 12.1 Å². The monoisotopic (exact) mass is 328 g/mol. The lowest BCUT2D eigenvalue weighted by Crippen LogP contribution is -2.45. The predicted molar refractivity (Wildman–Crippen MR) is 87.6 cm³/mol. The summed E-state index contributed by atoms with van der Waals surface area (Å²) in [6, 6.07) is 10.1. The molecule has 1 aromatic carbocycles. The molecule has 0 aliphatic carbocycles. The lowest BCUT2D eigenvalue weighted by atomic mass is 10.1. The zero-order chi connectivity index (χ0) is 16.9. The minimum absolute atomic E-state index is 0.131. The standard InChI is InChI=1S/C18H20N2O4/c1-23-14-8-6-13(7-9-14)18(22)20-10-2-5-16(20)17(21)19-12-15-4-3-11-24-15/h3-4,6-9,11,16H,2,5,10,12H2,1H3,(H,19,21)/t16-/m1/s1. The topological polar surface area (TPSA) is 71.8 Å². The van der Waals surface area contributed by atoms with Gasteiger partial charge in [-0.1, -0.05) is 0 Å². The normalized spacial score (nSPS) is 16.9. The van der Waals surface area contributed by atoms with Crippen molar-refractivity contribution in [2.75, 3.05) is 13.7 Å². The maximum atomic E-state index is 12.7. The summed E-state index contributed by atoms with van der Waals surface area (Å²) in [6.07, 6.45) is 3.06. The smallest absolute Gasteiger partial charge is 0.254 e. The molecule has 2 heterocycles. The molecule has 0 bridgehead atoms. The van der Waals surface area contributed by atoms with Gasteiger partial charge < -0.3 is 19.4 Å². The van der Waals surface area contributed by atoms with Gasteiger partial charge in [-0.3, -0.25) is 9.59 Å². The third kappa shape index (κ3) is 3.42. The molecule has 2 amide bonds. The van der Waals surface area contributed by atoms with Crippen LogP contribution in [0.1, 0.15) is 29.0 Å². The molecule has 1 atom stereocenters. The third-order valence-electron chi connectivity index (χ3n) is 4.17. The molecule has 1 aliphatic rings. The average Bonchev–Trinajstić information content (AvgIpc) is 3.30. The molecule has 1 aliphatic heterocycles. The predicted octanol–water partition coefficient (Wildman–Crippen LogP) is 2.21. The third-order valence-corrected chi connectivity index (χ3v) is 4.17. The van der Waals surface area contributed by atoms with Gasteiger partial charge in [-0.25, -0.2) is 0 Å². The number of benzene rings is 1. The van der Waals surface area contributed by atoms with E-state index in [9.17, 15) is 9.59 Å². The highest BCUT2D eigenvalue weighted by Gasteiger charge is 2.34. The zero-order valence-corrected chi connectivity index (χ0v) is 13.5. The summed E-state index contributed by atoms with van der Waals surface area (Å²) < 4.78 is 10.3. The second kappa shape index (κ2) is 7.21. The Kier molecular flexibility index (Phi) is 4.84. The maximum Gasteiger partial charge on any atom is 0.254 e. The van der Waals surface area contributed by atoms with Crippen molar-refractivity contribution in [1.82, 2.24) is 10.2 Å². The summed E-state index contributed by atoms with van der Waals surface area (Å²) in [7, 11) is 1.58. The number of rotatable bonds is 5. The number of amides is 2. The molecule has 2 aromatic rings. The highest BCUT2D eigenvalue weighted by molar-refractivity contribution is 5.98. The van der Waals surface area contributed by atoms with E-state index >= 15 is 0 Å². The van der Waals surface area contributed by atoms with Crippen LogP contribution < -0.4 is 10.1 Å². The van der Waals surface area contributed by atoms with Crippen LogP contribution in [-0.2, 0) is 11.3 Å². The number of carbonyl (C=O) groups is 2. The molecule has 0 spiro atoms. The van der Waals surface area contributed by atoms with E-state index in [0.29, 0.717) is 36.6 Å². The molecule has 6 heteroatoms. The average molecular weight is 328 g/mol. The van der Waals surface area contributed by atoms with Gasteiger partial charge in [0.1, 0.15) is 17.6 Å². The molecule has 0 radical (unpaired) electrons. The number of nitrogens with one attached hydrogen (secondary N) is 1. The summed E-state index contributed by atoms with van der Waals surface area (Å²) in [4.78, 5) is 26.7. The molecule has 126 valence electrons. The van der Waals surface area contributed by atoms with Crippen LogP contribution in [0.4, 0.5) is 0 Å². The SMILES string of the molecule is COc1ccc(C(=O)N2CCC[C@@H]2C(=O)NCc2ccco2)cc1. The lowest BCUT2D eigenvalue weighted by molar-refractivity contribution is -0.125. The van der Waals surface area contributed by atoms with Crippen LogP contribution in [0.2, 0.25) is 0 Å². The number of hydrogen-bond acceptors (Lipinski definition) is 4. The summed E-state index contributed by atoms with van der Waals surface area (Å²) in [5, 5.41) is 2.83. The van der Waals surface area contributed by atoms with Crippen molar-refractivity contribution in [1.29, 1.82) is 0 Å². The molecule has 1 aromatic heterocycles. The molecule has 0 saturated carbocycles. The van der Waals surface area contributed by atoms with Gasteiger partial charge in [-0.2, -0.15) is 0 Å². The van der Waals surface area contributed by atoms with Gasteiger partial charge in [0.05, 0.1) is 19.9 Å². The minimum Gasteiger partial charge on any atom is -0.497 e. The number of likely N-dealkylation sites (tertiary alicyclic amines) is 1. The van der Waals surface area contributed by atoms with Crippen molar-refractivity contribution >= 4 is 11.8 Å². The van der Waals surface area contributed by atoms with Crippen LogP contribution in [0, 0.1) is 0 Å². The largest absolute Gasteiger partial charge is 0.497 e. The maximum absolute atomic E-state index is 12.7. The van der Waals surface area contributed by atoms with E-state index in [2.05, 4.69) is 5.32 Å². The van der Waals surface area contributed by atoms with Gasteiger partial charge in [0.15, 0.2) is 0 Å². The fourth-order valence-corrected chi connectivity index (χ4v) is 2.89. The Morgan fingerprint density at radius 2 is 2.08 bits per heavy atom. The number of furan rings is 1. The summed E-state index contributed by atoms with van der Waals surface area (Å²) in [5.41, 5.74) is 0.557. The Labute approximate surface area is 140 Å². The van der Waals surface area contributed by atoms with E-state index in [1.54, 1.807) is 54.7 Å². The van der Waals surface area contributed by atoms with Gasteiger partial charge in [-0.05, 0) is 49.2 Å². The molecule has 1 fully saturated rings. The Morgan fingerprint density at radius 3 is 2.75 bits per heavy atom. The van der Waals surface area contributed by atoms with Crippen molar-refractivity contribution in [3.63, 3.8) is 0 Å². The van der Waals surface area contributed by atoms with Crippen LogP contribution in [0.15, 0.2) is 47.1 Å². The van der Waals surface area contributed by atoms with Crippen LogP contribution in [0.5, 0.6) is 5.75 Å². The van der Waals surface area contributed by atoms with Crippen LogP contribution in [-0.4, -0.2) is 36.4 Å². The molecule has 24 heavy (non-hydrogen) atoms.